The molecule has 2 N–H and O–H groups in total. The number of aliphatic hydroxyl groups is 1. The molecule has 4 rings (SSSR count). The van der Waals surface area contributed by atoms with Crippen molar-refractivity contribution in [2.75, 3.05) is 20.2 Å². The molecule has 0 bridgehead atoms. The van der Waals surface area contributed by atoms with Crippen LogP contribution in [-0.4, -0.2) is 54.4 Å². The summed E-state index contributed by atoms with van der Waals surface area (Å²) in [5.74, 6) is 0.0557. The maximum Gasteiger partial charge on any atom is 0.416 e. The summed E-state index contributed by atoms with van der Waals surface area (Å²) in [6.07, 6.45) is -5.39. The number of nitrogens with one attached hydrogen (secondary N) is 1. The SMILES string of the molecule is COC1CC(O)CCC1N1CCC(CC2CC2)(C(=O)NCc2cc(C(F)(F)F)cc(C(F)(F)F)c2)C1. The van der Waals surface area contributed by atoms with Crippen LogP contribution in [0.15, 0.2) is 18.2 Å². The fraction of sp³-hybridized carbons (Fsp3) is 0.720. The van der Waals surface area contributed by atoms with Crippen molar-refractivity contribution >= 4 is 5.91 Å². The molecule has 1 aromatic carbocycles. The standard InChI is InChI=1S/C25H32F6N2O3/c1-36-21-11-19(34)4-5-20(21)33-7-6-23(14-33,12-15-2-3-15)22(35)32-13-16-8-17(24(26,27)28)10-18(9-16)25(29,30)31/h8-10,15,19-21,34H,2-7,11-14H2,1H3,(H,32,35). The molecule has 2 saturated carbocycles. The van der Waals surface area contributed by atoms with E-state index >= 15 is 0 Å². The first-order valence-electron chi connectivity index (χ1n) is 12.3. The summed E-state index contributed by atoms with van der Waals surface area (Å²) in [6, 6.07) is 1.44. The van der Waals surface area contributed by atoms with Gasteiger partial charge in [-0.2, -0.15) is 26.3 Å². The zero-order chi connectivity index (χ0) is 26.3. The molecular weight excluding hydrogens is 490 g/mol. The molecule has 5 nitrogen and oxygen atoms in total. The summed E-state index contributed by atoms with van der Waals surface area (Å²) in [6.45, 7) is 0.670. The lowest BCUT2D eigenvalue weighted by atomic mass is 9.80. The lowest BCUT2D eigenvalue weighted by Gasteiger charge is -2.39. The number of halogens is 6. The van der Waals surface area contributed by atoms with Crippen LogP contribution in [0.5, 0.6) is 0 Å². The molecule has 1 aliphatic heterocycles. The minimum absolute atomic E-state index is 0.0464. The van der Waals surface area contributed by atoms with Gasteiger partial charge in [0, 0.05) is 32.7 Å². The van der Waals surface area contributed by atoms with Gasteiger partial charge in [-0.05, 0) is 61.9 Å². The number of carbonyl (C=O) groups excluding carboxylic acids is 1. The Hall–Kier alpha value is -1.85. The highest BCUT2D eigenvalue weighted by molar-refractivity contribution is 5.83. The Bertz CT molecular complexity index is 916. The highest BCUT2D eigenvalue weighted by Crippen LogP contribution is 2.46. The van der Waals surface area contributed by atoms with Crippen LogP contribution in [0.2, 0.25) is 0 Å². The Morgan fingerprint density at radius 1 is 1.08 bits per heavy atom. The van der Waals surface area contributed by atoms with Crippen LogP contribution in [0.1, 0.15) is 61.6 Å². The van der Waals surface area contributed by atoms with Crippen LogP contribution in [0.25, 0.3) is 0 Å². The summed E-state index contributed by atoms with van der Waals surface area (Å²) in [5, 5.41) is 12.7. The molecule has 0 spiro atoms. The van der Waals surface area contributed by atoms with Crippen LogP contribution >= 0.6 is 0 Å². The summed E-state index contributed by atoms with van der Waals surface area (Å²) < 4.78 is 84.9. The first kappa shape index (κ1) is 27.2. The monoisotopic (exact) mass is 522 g/mol. The fourth-order valence-electron chi connectivity index (χ4n) is 5.76. The van der Waals surface area contributed by atoms with Crippen molar-refractivity contribution in [3.63, 3.8) is 0 Å². The molecule has 2 aliphatic carbocycles. The molecule has 1 heterocycles. The van der Waals surface area contributed by atoms with Gasteiger partial charge in [0.05, 0.1) is 28.7 Å². The third kappa shape index (κ3) is 6.16. The van der Waals surface area contributed by atoms with Crippen molar-refractivity contribution in [1.82, 2.24) is 10.2 Å². The number of rotatable bonds is 7. The van der Waals surface area contributed by atoms with Gasteiger partial charge in [-0.25, -0.2) is 0 Å². The van der Waals surface area contributed by atoms with Gasteiger partial charge >= 0.3 is 12.4 Å². The van der Waals surface area contributed by atoms with Crippen molar-refractivity contribution in [2.24, 2.45) is 11.3 Å². The minimum atomic E-state index is -4.94. The molecule has 4 unspecified atom stereocenters. The summed E-state index contributed by atoms with van der Waals surface area (Å²) in [4.78, 5) is 15.6. The molecule has 4 atom stereocenters. The summed E-state index contributed by atoms with van der Waals surface area (Å²) in [7, 11) is 1.60. The Kier molecular flexibility index (Phi) is 7.65. The van der Waals surface area contributed by atoms with Crippen LogP contribution in [-0.2, 0) is 28.4 Å². The van der Waals surface area contributed by atoms with E-state index in [0.29, 0.717) is 56.8 Å². The molecule has 36 heavy (non-hydrogen) atoms. The largest absolute Gasteiger partial charge is 0.416 e. The number of carbonyl (C=O) groups is 1. The van der Waals surface area contributed by atoms with Gasteiger partial charge in [-0.3, -0.25) is 9.69 Å². The number of hydrogen-bond acceptors (Lipinski definition) is 4. The Morgan fingerprint density at radius 3 is 2.28 bits per heavy atom. The fourth-order valence-corrected chi connectivity index (χ4v) is 5.76. The molecule has 1 aromatic rings. The average molecular weight is 523 g/mol. The van der Waals surface area contributed by atoms with Gasteiger partial charge < -0.3 is 15.2 Å². The number of ether oxygens (including phenoxy) is 1. The Labute approximate surface area is 206 Å². The second kappa shape index (κ2) is 10.1. The molecule has 1 saturated heterocycles. The molecule has 11 heteroatoms. The summed E-state index contributed by atoms with van der Waals surface area (Å²) in [5.41, 5.74) is -3.80. The van der Waals surface area contributed by atoms with Crippen molar-refractivity contribution in [1.29, 1.82) is 0 Å². The van der Waals surface area contributed by atoms with E-state index in [-0.39, 0.29) is 29.7 Å². The number of likely N-dealkylation sites (tertiary alicyclic amines) is 1. The molecule has 3 fully saturated rings. The number of aliphatic hydroxyl groups excluding tert-OH is 1. The van der Waals surface area contributed by atoms with Crippen molar-refractivity contribution < 1.29 is 41.0 Å². The minimum Gasteiger partial charge on any atom is -0.393 e. The van der Waals surface area contributed by atoms with Crippen LogP contribution in [0.4, 0.5) is 26.3 Å². The number of methoxy groups -OCH3 is 1. The van der Waals surface area contributed by atoms with E-state index in [9.17, 15) is 36.2 Å². The maximum absolute atomic E-state index is 13.4. The molecule has 1 amide bonds. The normalized spacial score (nSPS) is 29.9. The summed E-state index contributed by atoms with van der Waals surface area (Å²) >= 11 is 0. The van der Waals surface area contributed by atoms with Gasteiger partial charge in [0.25, 0.3) is 0 Å². The first-order valence-corrected chi connectivity index (χ1v) is 12.3. The zero-order valence-corrected chi connectivity index (χ0v) is 20.1. The van der Waals surface area contributed by atoms with Gasteiger partial charge in [-0.15, -0.1) is 0 Å². The van der Waals surface area contributed by atoms with E-state index in [2.05, 4.69) is 10.2 Å². The van der Waals surface area contributed by atoms with Gasteiger partial charge in [0.15, 0.2) is 0 Å². The van der Waals surface area contributed by atoms with E-state index in [4.69, 9.17) is 4.74 Å². The Morgan fingerprint density at radius 2 is 1.72 bits per heavy atom. The number of alkyl halides is 6. The van der Waals surface area contributed by atoms with Gasteiger partial charge in [0.2, 0.25) is 5.91 Å². The third-order valence-electron chi connectivity index (χ3n) is 7.84. The Balaban J connectivity index is 1.50. The number of amides is 1. The van der Waals surface area contributed by atoms with Crippen molar-refractivity contribution in [3.8, 4) is 0 Å². The van der Waals surface area contributed by atoms with Crippen molar-refractivity contribution in [2.45, 2.75) is 82.1 Å². The van der Waals surface area contributed by atoms with E-state index in [0.717, 1.165) is 19.3 Å². The van der Waals surface area contributed by atoms with Crippen LogP contribution < -0.4 is 5.32 Å². The molecular formula is C25H32F6N2O3. The topological polar surface area (TPSA) is 61.8 Å². The van der Waals surface area contributed by atoms with Gasteiger partial charge in [0.1, 0.15) is 0 Å². The highest BCUT2D eigenvalue weighted by atomic mass is 19.4. The lowest BCUT2D eigenvalue weighted by molar-refractivity contribution is -0.143. The van der Waals surface area contributed by atoms with Crippen molar-refractivity contribution in [3.05, 3.63) is 34.9 Å². The molecule has 0 radical (unpaired) electrons. The molecule has 0 aromatic heterocycles. The van der Waals surface area contributed by atoms with E-state index in [1.165, 1.54) is 0 Å². The average Bonchev–Trinajstić information content (AvgIpc) is 3.51. The first-order chi connectivity index (χ1) is 16.8. The molecule has 202 valence electrons. The maximum atomic E-state index is 13.4. The highest BCUT2D eigenvalue weighted by Gasteiger charge is 2.50. The third-order valence-corrected chi connectivity index (χ3v) is 7.84. The van der Waals surface area contributed by atoms with Gasteiger partial charge in [-0.1, -0.05) is 12.8 Å². The smallest absolute Gasteiger partial charge is 0.393 e. The number of hydrogen-bond donors (Lipinski definition) is 2. The lowest BCUT2D eigenvalue weighted by Crippen LogP contribution is -2.50. The molecule has 3 aliphatic rings. The second-order valence-corrected chi connectivity index (χ2v) is 10.6. The number of benzene rings is 1. The van der Waals surface area contributed by atoms with E-state index in [1.54, 1.807) is 7.11 Å². The van der Waals surface area contributed by atoms with Crippen LogP contribution in [0.3, 0.4) is 0 Å². The predicted molar refractivity (Wildman–Crippen MR) is 119 cm³/mol. The quantitative estimate of drug-likeness (QED) is 0.507. The van der Waals surface area contributed by atoms with E-state index in [1.807, 2.05) is 0 Å². The van der Waals surface area contributed by atoms with E-state index < -0.39 is 41.5 Å². The van der Waals surface area contributed by atoms with Crippen LogP contribution in [0, 0.1) is 11.3 Å². The predicted octanol–water partition coefficient (Wildman–Crippen LogP) is 4.76. The zero-order valence-electron chi connectivity index (χ0n) is 20.1. The second-order valence-electron chi connectivity index (χ2n) is 10.6. The number of nitrogens with zero attached hydrogens (tertiary/aromatic N) is 1.